The van der Waals surface area contributed by atoms with Gasteiger partial charge in [0.05, 0.1) is 5.69 Å². The third kappa shape index (κ3) is 3.31. The fourth-order valence-electron chi connectivity index (χ4n) is 2.63. The third-order valence-corrected chi connectivity index (χ3v) is 3.45. The SMILES string of the molecule is CC(C)(C)OC(=O)N1c2ccccc2CC[C@H]1CCN. The Bertz CT molecular complexity index is 480. The maximum Gasteiger partial charge on any atom is 0.415 e. The Morgan fingerprint density at radius 2 is 2.10 bits per heavy atom. The molecule has 0 bridgehead atoms. The highest BCUT2D eigenvalue weighted by molar-refractivity contribution is 5.90. The van der Waals surface area contributed by atoms with Gasteiger partial charge in [0.2, 0.25) is 0 Å². The molecule has 0 spiro atoms. The van der Waals surface area contributed by atoms with E-state index in [-0.39, 0.29) is 12.1 Å². The largest absolute Gasteiger partial charge is 0.443 e. The number of benzene rings is 1. The summed E-state index contributed by atoms with van der Waals surface area (Å²) >= 11 is 0. The fourth-order valence-corrected chi connectivity index (χ4v) is 2.63. The first-order valence-electron chi connectivity index (χ1n) is 7.22. The summed E-state index contributed by atoms with van der Waals surface area (Å²) in [6.07, 6.45) is 2.45. The van der Waals surface area contributed by atoms with E-state index in [1.165, 1.54) is 5.56 Å². The standard InChI is InChI=1S/C16H24N2O2/c1-16(2,3)20-15(19)18-13(10-11-17)9-8-12-6-4-5-7-14(12)18/h4-7,13H,8-11,17H2,1-3H3/t13-/m0/s1. The first-order chi connectivity index (χ1) is 9.42. The summed E-state index contributed by atoms with van der Waals surface area (Å²) in [6.45, 7) is 6.24. The van der Waals surface area contributed by atoms with E-state index in [9.17, 15) is 4.79 Å². The van der Waals surface area contributed by atoms with E-state index in [2.05, 4.69) is 6.07 Å². The van der Waals surface area contributed by atoms with Crippen molar-refractivity contribution in [1.82, 2.24) is 0 Å². The van der Waals surface area contributed by atoms with E-state index >= 15 is 0 Å². The van der Waals surface area contributed by atoms with Gasteiger partial charge in [-0.25, -0.2) is 4.79 Å². The van der Waals surface area contributed by atoms with E-state index in [1.54, 1.807) is 4.90 Å². The topological polar surface area (TPSA) is 55.6 Å². The van der Waals surface area contributed by atoms with Crippen LogP contribution in [0.1, 0.15) is 39.2 Å². The van der Waals surface area contributed by atoms with Crippen LogP contribution in [0.2, 0.25) is 0 Å². The van der Waals surface area contributed by atoms with Gasteiger partial charge in [-0.05, 0) is 58.2 Å². The second-order valence-corrected chi connectivity index (χ2v) is 6.25. The lowest BCUT2D eigenvalue weighted by Crippen LogP contribution is -2.47. The van der Waals surface area contributed by atoms with Crippen LogP contribution in [0.15, 0.2) is 24.3 Å². The Kier molecular flexibility index (Phi) is 4.33. The molecule has 0 aliphatic carbocycles. The summed E-state index contributed by atoms with van der Waals surface area (Å²) < 4.78 is 5.56. The average molecular weight is 276 g/mol. The number of rotatable bonds is 2. The molecule has 0 radical (unpaired) electrons. The summed E-state index contributed by atoms with van der Waals surface area (Å²) in [5.74, 6) is 0. The molecule has 4 nitrogen and oxygen atoms in total. The molecular weight excluding hydrogens is 252 g/mol. The summed E-state index contributed by atoms with van der Waals surface area (Å²) in [6, 6.07) is 8.16. The fraction of sp³-hybridized carbons (Fsp3) is 0.562. The Morgan fingerprint density at radius 1 is 1.40 bits per heavy atom. The lowest BCUT2D eigenvalue weighted by Gasteiger charge is -2.38. The highest BCUT2D eigenvalue weighted by Crippen LogP contribution is 2.32. The molecule has 1 aromatic rings. The minimum Gasteiger partial charge on any atom is -0.443 e. The van der Waals surface area contributed by atoms with Gasteiger partial charge in [0.25, 0.3) is 0 Å². The first kappa shape index (κ1) is 14.9. The summed E-state index contributed by atoms with van der Waals surface area (Å²) in [5.41, 5.74) is 7.37. The van der Waals surface area contributed by atoms with E-state index in [0.29, 0.717) is 6.54 Å². The van der Waals surface area contributed by atoms with Crippen LogP contribution >= 0.6 is 0 Å². The molecule has 0 fully saturated rings. The van der Waals surface area contributed by atoms with Crippen molar-refractivity contribution in [3.8, 4) is 0 Å². The number of amides is 1. The molecule has 1 heterocycles. The van der Waals surface area contributed by atoms with Gasteiger partial charge in [0.15, 0.2) is 0 Å². The Labute approximate surface area is 120 Å². The van der Waals surface area contributed by atoms with Crippen LogP contribution in [0.4, 0.5) is 10.5 Å². The molecule has 0 unspecified atom stereocenters. The van der Waals surface area contributed by atoms with Crippen LogP contribution in [0.5, 0.6) is 0 Å². The van der Waals surface area contributed by atoms with Gasteiger partial charge in [-0.2, -0.15) is 0 Å². The maximum atomic E-state index is 12.5. The van der Waals surface area contributed by atoms with Crippen LogP contribution in [0.25, 0.3) is 0 Å². The number of nitrogens with two attached hydrogens (primary N) is 1. The van der Waals surface area contributed by atoms with Crippen LogP contribution < -0.4 is 10.6 Å². The average Bonchev–Trinajstić information content (AvgIpc) is 2.36. The van der Waals surface area contributed by atoms with Crippen molar-refractivity contribution < 1.29 is 9.53 Å². The smallest absolute Gasteiger partial charge is 0.415 e. The van der Waals surface area contributed by atoms with Crippen molar-refractivity contribution in [3.63, 3.8) is 0 Å². The lowest BCUT2D eigenvalue weighted by molar-refractivity contribution is 0.0559. The van der Waals surface area contributed by atoms with Gasteiger partial charge >= 0.3 is 6.09 Å². The second-order valence-electron chi connectivity index (χ2n) is 6.25. The predicted octanol–water partition coefficient (Wildman–Crippen LogP) is 3.09. The molecule has 1 aromatic carbocycles. The van der Waals surface area contributed by atoms with Crippen molar-refractivity contribution in [2.24, 2.45) is 5.73 Å². The van der Waals surface area contributed by atoms with E-state index < -0.39 is 5.60 Å². The molecule has 4 heteroatoms. The highest BCUT2D eigenvalue weighted by atomic mass is 16.6. The van der Waals surface area contributed by atoms with Crippen molar-refractivity contribution in [1.29, 1.82) is 0 Å². The maximum absolute atomic E-state index is 12.5. The Balaban J connectivity index is 2.31. The van der Waals surface area contributed by atoms with Crippen molar-refractivity contribution in [3.05, 3.63) is 29.8 Å². The molecule has 1 amide bonds. The number of nitrogens with zero attached hydrogens (tertiary/aromatic N) is 1. The number of carbonyl (C=O) groups is 1. The van der Waals surface area contributed by atoms with E-state index in [4.69, 9.17) is 10.5 Å². The monoisotopic (exact) mass is 276 g/mol. The van der Waals surface area contributed by atoms with Gasteiger partial charge in [0, 0.05) is 6.04 Å². The molecule has 2 rings (SSSR count). The molecule has 0 saturated carbocycles. The van der Waals surface area contributed by atoms with Gasteiger partial charge in [0.1, 0.15) is 5.60 Å². The number of hydrogen-bond donors (Lipinski definition) is 1. The summed E-state index contributed by atoms with van der Waals surface area (Å²) in [7, 11) is 0. The first-order valence-corrected chi connectivity index (χ1v) is 7.22. The van der Waals surface area contributed by atoms with Crippen LogP contribution in [0, 0.1) is 0 Å². The van der Waals surface area contributed by atoms with Crippen LogP contribution in [-0.2, 0) is 11.2 Å². The second kappa shape index (κ2) is 5.83. The van der Waals surface area contributed by atoms with Crippen molar-refractivity contribution in [2.75, 3.05) is 11.4 Å². The van der Waals surface area contributed by atoms with Gasteiger partial charge in [-0.15, -0.1) is 0 Å². The van der Waals surface area contributed by atoms with Crippen molar-refractivity contribution in [2.45, 2.75) is 51.7 Å². The number of ether oxygens (including phenoxy) is 1. The predicted molar refractivity (Wildman–Crippen MR) is 80.9 cm³/mol. The van der Waals surface area contributed by atoms with Gasteiger partial charge in [-0.3, -0.25) is 4.90 Å². The molecule has 1 aliphatic rings. The molecule has 0 saturated heterocycles. The number of hydrogen-bond acceptors (Lipinski definition) is 3. The molecule has 1 aliphatic heterocycles. The Hall–Kier alpha value is -1.55. The number of aryl methyl sites for hydroxylation is 1. The van der Waals surface area contributed by atoms with Crippen LogP contribution in [0.3, 0.4) is 0 Å². The molecule has 110 valence electrons. The normalized spacial score (nSPS) is 18.6. The zero-order chi connectivity index (χ0) is 14.8. The highest BCUT2D eigenvalue weighted by Gasteiger charge is 2.33. The zero-order valence-corrected chi connectivity index (χ0v) is 12.6. The van der Waals surface area contributed by atoms with Crippen LogP contribution in [-0.4, -0.2) is 24.3 Å². The van der Waals surface area contributed by atoms with Gasteiger partial charge < -0.3 is 10.5 Å². The lowest BCUT2D eigenvalue weighted by atomic mass is 9.94. The zero-order valence-electron chi connectivity index (χ0n) is 12.6. The molecule has 1 atom stereocenters. The molecule has 20 heavy (non-hydrogen) atoms. The number of carbonyl (C=O) groups excluding carboxylic acids is 1. The number of anilines is 1. The third-order valence-electron chi connectivity index (χ3n) is 3.45. The minimum absolute atomic E-state index is 0.129. The molecular formula is C16H24N2O2. The summed E-state index contributed by atoms with van der Waals surface area (Å²) in [4.78, 5) is 14.3. The van der Waals surface area contributed by atoms with Gasteiger partial charge in [-0.1, -0.05) is 18.2 Å². The molecule has 0 aromatic heterocycles. The quantitative estimate of drug-likeness (QED) is 0.903. The van der Waals surface area contributed by atoms with Crippen molar-refractivity contribution >= 4 is 11.8 Å². The summed E-state index contributed by atoms with van der Waals surface area (Å²) in [5, 5.41) is 0. The minimum atomic E-state index is -0.489. The molecule has 2 N–H and O–H groups in total. The van der Waals surface area contributed by atoms with E-state index in [0.717, 1.165) is 24.9 Å². The number of para-hydroxylation sites is 1. The number of fused-ring (bicyclic) bond motifs is 1. The Morgan fingerprint density at radius 3 is 2.75 bits per heavy atom. The van der Waals surface area contributed by atoms with E-state index in [1.807, 2.05) is 39.0 Å².